The normalized spacial score (nSPS) is 17.3. The molecule has 2 aromatic rings. The van der Waals surface area contributed by atoms with Crippen molar-refractivity contribution >= 4 is 23.5 Å². The van der Waals surface area contributed by atoms with Gasteiger partial charge in [-0.05, 0) is 29.8 Å². The Morgan fingerprint density at radius 1 is 0.973 bits per heavy atom. The Labute approximate surface area is 203 Å². The molecule has 1 spiro atoms. The summed E-state index contributed by atoms with van der Waals surface area (Å²) in [5.74, 6) is -5.55. The number of benzene rings is 2. The number of carboxylic acids is 1. The minimum absolute atomic E-state index is 0.0653. The molecular weight excluding hydrogens is 522 g/mol. The van der Waals surface area contributed by atoms with E-state index in [1.165, 1.54) is 17.0 Å². The molecule has 2 fully saturated rings. The SMILES string of the molecule is O=C(O)C(F)(F)F.O=C1CN(c2ccc(F)cc2F)C(=O)C2(CNC2)N1Cc1ccc(C(F)(F)F)cc1. The topological polar surface area (TPSA) is 90.0 Å². The van der Waals surface area contributed by atoms with E-state index < -0.39 is 59.4 Å². The van der Waals surface area contributed by atoms with Crippen molar-refractivity contribution < 1.29 is 54.6 Å². The first-order valence-corrected chi connectivity index (χ1v) is 10.3. The average Bonchev–Trinajstić information content (AvgIpc) is 2.75. The van der Waals surface area contributed by atoms with E-state index in [2.05, 4.69) is 5.32 Å². The summed E-state index contributed by atoms with van der Waals surface area (Å²) in [7, 11) is 0. The number of piperazine rings is 1. The summed E-state index contributed by atoms with van der Waals surface area (Å²) in [4.78, 5) is 37.2. The fourth-order valence-electron chi connectivity index (χ4n) is 3.72. The lowest BCUT2D eigenvalue weighted by atomic mass is 9.85. The Morgan fingerprint density at radius 2 is 1.54 bits per heavy atom. The number of nitrogens with one attached hydrogen (secondary N) is 1. The average molecular weight is 539 g/mol. The predicted octanol–water partition coefficient (Wildman–Crippen LogP) is 3.33. The third kappa shape index (κ3) is 5.81. The number of amides is 2. The largest absolute Gasteiger partial charge is 0.490 e. The van der Waals surface area contributed by atoms with E-state index in [0.29, 0.717) is 11.6 Å². The zero-order valence-electron chi connectivity index (χ0n) is 18.5. The van der Waals surface area contributed by atoms with Crippen LogP contribution < -0.4 is 10.2 Å². The number of anilines is 1. The molecule has 2 heterocycles. The van der Waals surface area contributed by atoms with E-state index in [-0.39, 0.29) is 25.3 Å². The van der Waals surface area contributed by atoms with Gasteiger partial charge >= 0.3 is 18.3 Å². The van der Waals surface area contributed by atoms with Crippen molar-refractivity contribution in [1.82, 2.24) is 10.2 Å². The van der Waals surface area contributed by atoms with Crippen LogP contribution in [0.1, 0.15) is 11.1 Å². The molecular formula is C22H17F8N3O4. The molecule has 4 rings (SSSR count). The molecule has 2 aliphatic heterocycles. The fourth-order valence-corrected chi connectivity index (χ4v) is 3.72. The summed E-state index contributed by atoms with van der Waals surface area (Å²) in [6, 6.07) is 7.07. The Morgan fingerprint density at radius 3 is 1.97 bits per heavy atom. The van der Waals surface area contributed by atoms with Crippen molar-refractivity contribution in [2.75, 3.05) is 24.5 Å². The summed E-state index contributed by atoms with van der Waals surface area (Å²) < 4.78 is 97.5. The molecule has 0 bridgehead atoms. The zero-order valence-corrected chi connectivity index (χ0v) is 18.5. The number of halogens is 8. The lowest BCUT2D eigenvalue weighted by Crippen LogP contribution is -2.80. The van der Waals surface area contributed by atoms with Crippen molar-refractivity contribution in [2.24, 2.45) is 0 Å². The molecule has 2 saturated heterocycles. The highest BCUT2D eigenvalue weighted by molar-refractivity contribution is 6.10. The van der Waals surface area contributed by atoms with Gasteiger partial charge in [-0.15, -0.1) is 0 Å². The van der Waals surface area contributed by atoms with Gasteiger partial charge in [0.2, 0.25) is 5.91 Å². The van der Waals surface area contributed by atoms with Gasteiger partial charge in [-0.25, -0.2) is 13.6 Å². The van der Waals surface area contributed by atoms with Crippen molar-refractivity contribution in [3.63, 3.8) is 0 Å². The van der Waals surface area contributed by atoms with Gasteiger partial charge in [0, 0.05) is 25.7 Å². The molecule has 0 atom stereocenters. The Bertz CT molecular complexity index is 1190. The maximum Gasteiger partial charge on any atom is 0.490 e. The third-order valence-corrected chi connectivity index (χ3v) is 5.65. The summed E-state index contributed by atoms with van der Waals surface area (Å²) in [5.41, 5.74) is -1.86. The highest BCUT2D eigenvalue weighted by Gasteiger charge is 2.56. The van der Waals surface area contributed by atoms with Crippen LogP contribution in [0.3, 0.4) is 0 Å². The molecule has 0 aromatic heterocycles. The first kappa shape index (κ1) is 27.8. The molecule has 0 radical (unpaired) electrons. The van der Waals surface area contributed by atoms with Gasteiger partial charge in [0.1, 0.15) is 23.7 Å². The minimum atomic E-state index is -5.08. The maximum absolute atomic E-state index is 14.2. The van der Waals surface area contributed by atoms with Crippen LogP contribution >= 0.6 is 0 Å². The number of carboxylic acid groups (broad SMARTS) is 1. The molecule has 37 heavy (non-hydrogen) atoms. The van der Waals surface area contributed by atoms with Crippen molar-refractivity contribution in [3.8, 4) is 0 Å². The molecule has 2 aromatic carbocycles. The number of carbonyl (C=O) groups is 3. The minimum Gasteiger partial charge on any atom is -0.475 e. The molecule has 0 saturated carbocycles. The Kier molecular flexibility index (Phi) is 7.49. The second-order valence-electron chi connectivity index (χ2n) is 8.10. The molecule has 2 amide bonds. The van der Waals surface area contributed by atoms with Crippen molar-refractivity contribution in [1.29, 1.82) is 0 Å². The highest BCUT2D eigenvalue weighted by Crippen LogP contribution is 2.34. The van der Waals surface area contributed by atoms with Crippen LogP contribution in [0.2, 0.25) is 0 Å². The van der Waals surface area contributed by atoms with Gasteiger partial charge < -0.3 is 15.3 Å². The second-order valence-corrected chi connectivity index (χ2v) is 8.10. The van der Waals surface area contributed by atoms with E-state index >= 15 is 0 Å². The van der Waals surface area contributed by atoms with E-state index in [1.807, 2.05) is 0 Å². The predicted molar refractivity (Wildman–Crippen MR) is 110 cm³/mol. The lowest BCUT2D eigenvalue weighted by molar-refractivity contribution is -0.192. The summed E-state index contributed by atoms with van der Waals surface area (Å²) in [5, 5.41) is 10.0. The maximum atomic E-state index is 14.2. The van der Waals surface area contributed by atoms with Crippen LogP contribution in [-0.4, -0.2) is 59.1 Å². The monoisotopic (exact) mass is 539 g/mol. The molecule has 0 unspecified atom stereocenters. The summed E-state index contributed by atoms with van der Waals surface area (Å²) in [6.45, 7) is -0.275. The standard InChI is InChI=1S/C20H16F5N3O2.C2HF3O2/c21-14-5-6-16(15(22)7-14)27-9-17(29)28(19(18(27)30)10-26-11-19)8-12-1-3-13(4-2-12)20(23,24)25;3-2(4,5)1(6)7/h1-7,26H,8-11H2;(H,6,7). The number of hydrogen-bond acceptors (Lipinski definition) is 4. The molecule has 2 aliphatic rings. The number of aliphatic carboxylic acids is 1. The smallest absolute Gasteiger partial charge is 0.475 e. The molecule has 200 valence electrons. The number of carbonyl (C=O) groups excluding carboxylic acids is 2. The van der Waals surface area contributed by atoms with Gasteiger partial charge in [-0.1, -0.05) is 12.1 Å². The van der Waals surface area contributed by atoms with Crippen molar-refractivity contribution in [2.45, 2.75) is 24.4 Å². The number of alkyl halides is 6. The van der Waals surface area contributed by atoms with Crippen LogP contribution in [0.25, 0.3) is 0 Å². The van der Waals surface area contributed by atoms with Gasteiger partial charge in [-0.3, -0.25) is 14.5 Å². The van der Waals surface area contributed by atoms with Gasteiger partial charge in [0.25, 0.3) is 5.91 Å². The van der Waals surface area contributed by atoms with E-state index in [0.717, 1.165) is 29.2 Å². The van der Waals surface area contributed by atoms with E-state index in [1.54, 1.807) is 0 Å². The summed E-state index contributed by atoms with van der Waals surface area (Å²) in [6.07, 6.45) is -9.56. The Balaban J connectivity index is 0.000000479. The quantitative estimate of drug-likeness (QED) is 0.585. The molecule has 0 aliphatic carbocycles. The third-order valence-electron chi connectivity index (χ3n) is 5.65. The number of hydrogen-bond donors (Lipinski definition) is 2. The van der Waals surface area contributed by atoms with E-state index in [9.17, 15) is 44.7 Å². The van der Waals surface area contributed by atoms with Gasteiger partial charge in [0.05, 0.1) is 11.3 Å². The highest BCUT2D eigenvalue weighted by atomic mass is 19.4. The first-order valence-electron chi connectivity index (χ1n) is 10.3. The van der Waals surface area contributed by atoms with Gasteiger partial charge in [0.15, 0.2) is 0 Å². The number of nitrogens with zero attached hydrogens (tertiary/aromatic N) is 2. The summed E-state index contributed by atoms with van der Waals surface area (Å²) >= 11 is 0. The van der Waals surface area contributed by atoms with Crippen LogP contribution in [0.15, 0.2) is 42.5 Å². The van der Waals surface area contributed by atoms with Crippen molar-refractivity contribution in [3.05, 3.63) is 65.2 Å². The molecule has 7 nitrogen and oxygen atoms in total. The second kappa shape index (κ2) is 9.95. The van der Waals surface area contributed by atoms with Crippen LogP contribution in [-0.2, 0) is 27.1 Å². The molecule has 2 N–H and O–H groups in total. The molecule has 15 heteroatoms. The van der Waals surface area contributed by atoms with Gasteiger partial charge in [-0.2, -0.15) is 26.3 Å². The van der Waals surface area contributed by atoms with Crippen LogP contribution in [0.5, 0.6) is 0 Å². The number of rotatable bonds is 3. The fraction of sp³-hybridized carbons (Fsp3) is 0.318. The Hall–Kier alpha value is -3.75. The lowest BCUT2D eigenvalue weighted by Gasteiger charge is -2.54. The zero-order chi connectivity index (χ0) is 27.8. The van der Waals surface area contributed by atoms with Crippen LogP contribution in [0.4, 0.5) is 40.8 Å². The van der Waals surface area contributed by atoms with E-state index in [4.69, 9.17) is 9.90 Å². The first-order chi connectivity index (χ1) is 17.1. The van der Waals surface area contributed by atoms with Crippen LogP contribution in [0, 0.1) is 11.6 Å².